The van der Waals surface area contributed by atoms with Crippen LogP contribution in [0.3, 0.4) is 0 Å². The molecule has 0 N–H and O–H groups in total. The van der Waals surface area contributed by atoms with Crippen LogP contribution in [0.15, 0.2) is 54.6 Å². The number of hydrogen-bond acceptors (Lipinski definition) is 2. The van der Waals surface area contributed by atoms with E-state index in [1.165, 1.54) is 25.0 Å². The molecule has 1 saturated carbocycles. The summed E-state index contributed by atoms with van der Waals surface area (Å²) in [6.45, 7) is 2.00. The zero-order valence-electron chi connectivity index (χ0n) is 14.8. The van der Waals surface area contributed by atoms with Gasteiger partial charge in [-0.2, -0.15) is 13.2 Å². The number of rotatable bonds is 3. The number of carbonyl (C=O) groups is 1. The molecule has 0 radical (unpaired) electrons. The molecule has 2 aliphatic rings. The van der Waals surface area contributed by atoms with Crippen molar-refractivity contribution in [1.82, 2.24) is 9.80 Å². The van der Waals surface area contributed by atoms with Crippen molar-refractivity contribution < 1.29 is 18.0 Å². The molecule has 1 aliphatic heterocycles. The molecule has 1 atom stereocenters. The normalized spacial score (nSPS) is 21.3. The van der Waals surface area contributed by atoms with E-state index >= 15 is 0 Å². The monoisotopic (exact) mass is 374 g/mol. The highest BCUT2D eigenvalue weighted by molar-refractivity contribution is 5.94. The van der Waals surface area contributed by atoms with Crippen LogP contribution in [0, 0.1) is 0 Å². The van der Waals surface area contributed by atoms with Crippen LogP contribution < -0.4 is 0 Å². The lowest BCUT2D eigenvalue weighted by Gasteiger charge is -2.42. The van der Waals surface area contributed by atoms with Gasteiger partial charge in [0.2, 0.25) is 0 Å². The highest BCUT2D eigenvalue weighted by atomic mass is 19.4. The zero-order chi connectivity index (χ0) is 19.0. The van der Waals surface area contributed by atoms with Crippen molar-refractivity contribution in [1.29, 1.82) is 0 Å². The second-order valence-electron chi connectivity index (χ2n) is 7.23. The van der Waals surface area contributed by atoms with Crippen molar-refractivity contribution in [2.24, 2.45) is 0 Å². The average molecular weight is 374 g/mol. The number of halogens is 3. The second-order valence-corrected chi connectivity index (χ2v) is 7.23. The summed E-state index contributed by atoms with van der Waals surface area (Å²) in [4.78, 5) is 17.2. The summed E-state index contributed by atoms with van der Waals surface area (Å²) in [5.74, 6) is -0.342. The summed E-state index contributed by atoms with van der Waals surface area (Å²) >= 11 is 0. The Morgan fingerprint density at radius 3 is 2.37 bits per heavy atom. The Balaban J connectivity index is 1.63. The fraction of sp³-hybridized carbons (Fsp3) is 0.381. The molecule has 0 bridgehead atoms. The van der Waals surface area contributed by atoms with Gasteiger partial charge in [-0.3, -0.25) is 9.69 Å². The van der Waals surface area contributed by atoms with Gasteiger partial charge in [-0.25, -0.2) is 0 Å². The predicted molar refractivity (Wildman–Crippen MR) is 96.3 cm³/mol. The zero-order valence-corrected chi connectivity index (χ0v) is 14.8. The number of alkyl halides is 3. The summed E-state index contributed by atoms with van der Waals surface area (Å²) in [6, 6.07) is 14.9. The van der Waals surface area contributed by atoms with Gasteiger partial charge in [0.25, 0.3) is 5.91 Å². The Labute approximate surface area is 156 Å². The van der Waals surface area contributed by atoms with Gasteiger partial charge in [0, 0.05) is 31.2 Å². The van der Waals surface area contributed by atoms with E-state index in [1.807, 2.05) is 30.3 Å². The molecule has 0 aromatic heterocycles. The number of benzene rings is 2. The van der Waals surface area contributed by atoms with Crippen molar-refractivity contribution in [3.8, 4) is 0 Å². The largest absolute Gasteiger partial charge is 0.416 e. The van der Waals surface area contributed by atoms with Gasteiger partial charge in [0.1, 0.15) is 0 Å². The number of carbonyl (C=O) groups excluding carboxylic acids is 1. The Hall–Kier alpha value is -2.34. The topological polar surface area (TPSA) is 23.6 Å². The van der Waals surface area contributed by atoms with E-state index in [1.54, 1.807) is 4.90 Å². The number of piperazine rings is 1. The molecule has 2 fully saturated rings. The summed E-state index contributed by atoms with van der Waals surface area (Å²) in [5, 5.41) is 0. The number of hydrogen-bond donors (Lipinski definition) is 0. The first-order valence-corrected chi connectivity index (χ1v) is 9.21. The van der Waals surface area contributed by atoms with Crippen molar-refractivity contribution in [2.75, 3.05) is 19.6 Å². The Morgan fingerprint density at radius 1 is 0.963 bits per heavy atom. The van der Waals surface area contributed by atoms with E-state index in [0.29, 0.717) is 12.6 Å². The van der Waals surface area contributed by atoms with Crippen molar-refractivity contribution in [3.05, 3.63) is 71.3 Å². The maximum absolute atomic E-state index is 13.1. The molecular formula is C21H21F3N2O. The van der Waals surface area contributed by atoms with Gasteiger partial charge in [0.05, 0.1) is 11.6 Å². The fourth-order valence-corrected chi connectivity index (χ4v) is 3.77. The SMILES string of the molecule is O=C(c1cccc(C(F)(F)F)c1)N1CCN(C2CC2)CC1c1ccccc1. The van der Waals surface area contributed by atoms with Gasteiger partial charge < -0.3 is 4.90 Å². The molecular weight excluding hydrogens is 353 g/mol. The molecule has 2 aromatic rings. The van der Waals surface area contributed by atoms with E-state index < -0.39 is 11.7 Å². The molecule has 0 spiro atoms. The Bertz CT molecular complexity index is 818. The minimum absolute atomic E-state index is 0.0885. The van der Waals surface area contributed by atoms with Crippen LogP contribution in [0.4, 0.5) is 13.2 Å². The Kier molecular flexibility index (Phi) is 4.68. The maximum atomic E-state index is 13.1. The van der Waals surface area contributed by atoms with Crippen LogP contribution in [-0.4, -0.2) is 41.4 Å². The van der Waals surface area contributed by atoms with Crippen molar-refractivity contribution in [2.45, 2.75) is 31.1 Å². The molecule has 27 heavy (non-hydrogen) atoms. The summed E-state index contributed by atoms with van der Waals surface area (Å²) in [7, 11) is 0. The highest BCUT2D eigenvalue weighted by Crippen LogP contribution is 2.35. The molecule has 2 aromatic carbocycles. The van der Waals surface area contributed by atoms with E-state index in [9.17, 15) is 18.0 Å². The van der Waals surface area contributed by atoms with E-state index in [2.05, 4.69) is 4.90 Å². The summed E-state index contributed by atoms with van der Waals surface area (Å²) in [5.41, 5.74) is 0.315. The number of nitrogens with zero attached hydrogens (tertiary/aromatic N) is 2. The molecule has 6 heteroatoms. The minimum Gasteiger partial charge on any atom is -0.329 e. The molecule has 1 unspecified atom stereocenters. The Morgan fingerprint density at radius 2 is 1.70 bits per heavy atom. The maximum Gasteiger partial charge on any atom is 0.416 e. The summed E-state index contributed by atoms with van der Waals surface area (Å²) < 4.78 is 39.1. The first-order chi connectivity index (χ1) is 12.9. The average Bonchev–Trinajstić information content (AvgIpc) is 3.52. The third kappa shape index (κ3) is 3.86. The first-order valence-electron chi connectivity index (χ1n) is 9.21. The highest BCUT2D eigenvalue weighted by Gasteiger charge is 2.38. The van der Waals surface area contributed by atoms with E-state index in [0.717, 1.165) is 30.8 Å². The van der Waals surface area contributed by atoms with Gasteiger partial charge in [-0.15, -0.1) is 0 Å². The molecule has 1 amide bonds. The fourth-order valence-electron chi connectivity index (χ4n) is 3.77. The summed E-state index contributed by atoms with van der Waals surface area (Å²) in [6.07, 6.45) is -2.09. The smallest absolute Gasteiger partial charge is 0.329 e. The molecule has 4 rings (SSSR count). The molecule has 1 heterocycles. The van der Waals surface area contributed by atoms with E-state index in [-0.39, 0.29) is 17.5 Å². The lowest BCUT2D eigenvalue weighted by Crippen LogP contribution is -2.51. The van der Waals surface area contributed by atoms with Crippen LogP contribution in [0.1, 0.15) is 40.4 Å². The lowest BCUT2D eigenvalue weighted by atomic mass is 10.00. The molecule has 142 valence electrons. The van der Waals surface area contributed by atoms with Gasteiger partial charge in [0.15, 0.2) is 0 Å². The third-order valence-electron chi connectivity index (χ3n) is 5.36. The lowest BCUT2D eigenvalue weighted by molar-refractivity contribution is -0.137. The van der Waals surface area contributed by atoms with Gasteiger partial charge in [-0.05, 0) is 36.6 Å². The van der Waals surface area contributed by atoms with Crippen LogP contribution in [0.25, 0.3) is 0 Å². The van der Waals surface area contributed by atoms with Gasteiger partial charge in [-0.1, -0.05) is 36.4 Å². The number of amides is 1. The standard InChI is InChI=1S/C21H21F3N2O/c22-21(23,24)17-8-4-7-16(13-17)20(27)26-12-11-25(18-9-10-18)14-19(26)15-5-2-1-3-6-15/h1-8,13,18-19H,9-12,14H2. The molecule has 3 nitrogen and oxygen atoms in total. The van der Waals surface area contributed by atoms with Crippen molar-refractivity contribution in [3.63, 3.8) is 0 Å². The predicted octanol–water partition coefficient (Wildman–Crippen LogP) is 4.37. The second kappa shape index (κ2) is 7.00. The quantitative estimate of drug-likeness (QED) is 0.797. The molecule has 1 saturated heterocycles. The van der Waals surface area contributed by atoms with Crippen LogP contribution >= 0.6 is 0 Å². The van der Waals surface area contributed by atoms with Crippen LogP contribution in [0.5, 0.6) is 0 Å². The third-order valence-corrected chi connectivity index (χ3v) is 5.36. The van der Waals surface area contributed by atoms with Crippen molar-refractivity contribution >= 4 is 5.91 Å². The van der Waals surface area contributed by atoms with Gasteiger partial charge >= 0.3 is 6.18 Å². The molecule has 1 aliphatic carbocycles. The van der Waals surface area contributed by atoms with E-state index in [4.69, 9.17) is 0 Å². The van der Waals surface area contributed by atoms with Crippen LogP contribution in [0.2, 0.25) is 0 Å². The minimum atomic E-state index is -4.46. The van der Waals surface area contributed by atoms with Crippen LogP contribution in [-0.2, 0) is 6.18 Å². The first kappa shape index (κ1) is 18.0.